The van der Waals surface area contributed by atoms with Gasteiger partial charge in [-0.25, -0.2) is 0 Å². The maximum absolute atomic E-state index is 7.03. The number of piperidine rings is 1. The average molecular weight is 639 g/mol. The summed E-state index contributed by atoms with van der Waals surface area (Å²) in [5.41, 5.74) is 7.07. The van der Waals surface area contributed by atoms with E-state index in [4.69, 9.17) is 52.0 Å². The summed E-state index contributed by atoms with van der Waals surface area (Å²) in [5.74, 6) is 1.26. The van der Waals surface area contributed by atoms with Gasteiger partial charge in [0.05, 0.1) is 39.2 Å². The molecule has 2 aromatic carbocycles. The van der Waals surface area contributed by atoms with Crippen LogP contribution in [0.25, 0.3) is 5.69 Å². The summed E-state index contributed by atoms with van der Waals surface area (Å²) in [6.07, 6.45) is 3.07. The van der Waals surface area contributed by atoms with Crippen LogP contribution in [0.15, 0.2) is 66.9 Å². The van der Waals surface area contributed by atoms with Crippen LogP contribution in [0.4, 0.5) is 11.4 Å². The molecule has 6 rings (SSSR count). The molecular weight excluding hydrogens is 605 g/mol. The number of thiocarbonyl (C=S) groups is 1. The molecule has 0 radical (unpaired) electrons. The van der Waals surface area contributed by atoms with Crippen molar-refractivity contribution in [2.24, 2.45) is 11.8 Å². The fraction of sp³-hybridized carbons (Fsp3) is 0.333. The summed E-state index contributed by atoms with van der Waals surface area (Å²) in [7, 11) is 0. The van der Waals surface area contributed by atoms with Crippen LogP contribution in [0.3, 0.4) is 0 Å². The van der Waals surface area contributed by atoms with E-state index in [1.54, 1.807) is 6.07 Å². The van der Waals surface area contributed by atoms with E-state index in [-0.39, 0.29) is 12.1 Å². The smallest absolute Gasteiger partial charge is 0.174 e. The molecule has 42 heavy (non-hydrogen) atoms. The topological polar surface area (TPSA) is 36.3 Å². The molecule has 0 bridgehead atoms. The highest BCUT2D eigenvalue weighted by Gasteiger charge is 2.42. The normalized spacial score (nSPS) is 22.5. The van der Waals surface area contributed by atoms with Crippen molar-refractivity contribution in [1.82, 2.24) is 14.9 Å². The van der Waals surface area contributed by atoms with E-state index in [1.165, 1.54) is 6.42 Å². The standard InChI is InChI=1S/C33H34Cl3N5S/c1-19-13-20(2)18-39(17-19)29-11-9-24(16-27(29)36)41-32(31(38-33(41)42)28-7-5-6-12-37-28)25-14-21(3)40(22(25)4)30-10-8-23(34)15-26(30)35/h5-12,14-16,19-20,31-32H,13,17-18H2,1-4H3,(H,38,42)/t19-,20+,31-,32-/m0/s1. The van der Waals surface area contributed by atoms with Gasteiger partial charge in [-0.05, 0) is 104 Å². The van der Waals surface area contributed by atoms with E-state index in [2.05, 4.69) is 71.6 Å². The number of halogens is 3. The number of nitrogens with one attached hydrogen (secondary N) is 1. The first-order valence-electron chi connectivity index (χ1n) is 14.3. The molecule has 4 aromatic rings. The number of benzene rings is 2. The van der Waals surface area contributed by atoms with E-state index in [9.17, 15) is 0 Å². The number of aromatic nitrogens is 2. The van der Waals surface area contributed by atoms with Gasteiger partial charge >= 0.3 is 0 Å². The van der Waals surface area contributed by atoms with E-state index >= 15 is 0 Å². The van der Waals surface area contributed by atoms with Gasteiger partial charge in [-0.2, -0.15) is 0 Å². The minimum Gasteiger partial charge on any atom is -0.370 e. The minimum atomic E-state index is -0.171. The summed E-state index contributed by atoms with van der Waals surface area (Å²) < 4.78 is 2.18. The largest absolute Gasteiger partial charge is 0.370 e. The Hall–Kier alpha value is -2.77. The fourth-order valence-electron chi connectivity index (χ4n) is 6.83. The van der Waals surface area contributed by atoms with Gasteiger partial charge < -0.3 is 19.7 Å². The number of pyridine rings is 1. The first-order chi connectivity index (χ1) is 20.1. The third-order valence-electron chi connectivity index (χ3n) is 8.46. The highest BCUT2D eigenvalue weighted by molar-refractivity contribution is 7.80. The van der Waals surface area contributed by atoms with Gasteiger partial charge in [0, 0.05) is 41.4 Å². The van der Waals surface area contributed by atoms with Crippen molar-refractivity contribution in [3.8, 4) is 5.69 Å². The van der Waals surface area contributed by atoms with E-state index in [0.717, 1.165) is 57.8 Å². The van der Waals surface area contributed by atoms with Crippen molar-refractivity contribution in [2.45, 2.75) is 46.2 Å². The van der Waals surface area contributed by atoms with Crippen LogP contribution in [-0.2, 0) is 0 Å². The minimum absolute atomic E-state index is 0.171. The van der Waals surface area contributed by atoms with Gasteiger partial charge in [0.2, 0.25) is 0 Å². The molecule has 2 saturated heterocycles. The highest BCUT2D eigenvalue weighted by atomic mass is 35.5. The van der Waals surface area contributed by atoms with Crippen LogP contribution < -0.4 is 15.1 Å². The SMILES string of the molecule is Cc1cc([C@H]2[C@H](c3ccccn3)NC(=S)N2c2ccc(N3C[C@H](C)C[C@H](C)C3)c(Cl)c2)c(C)n1-c1ccc(Cl)cc1Cl. The lowest BCUT2D eigenvalue weighted by Crippen LogP contribution is -2.38. The molecular formula is C33H34Cl3N5S. The van der Waals surface area contributed by atoms with Crippen LogP contribution in [0.1, 0.15) is 55.0 Å². The molecule has 0 saturated carbocycles. The molecule has 2 aromatic heterocycles. The first-order valence-corrected chi connectivity index (χ1v) is 15.9. The second-order valence-electron chi connectivity index (χ2n) is 11.7. The predicted octanol–water partition coefficient (Wildman–Crippen LogP) is 9.11. The summed E-state index contributed by atoms with van der Waals surface area (Å²) in [6, 6.07) is 19.8. The van der Waals surface area contributed by atoms with Crippen molar-refractivity contribution < 1.29 is 0 Å². The molecule has 2 fully saturated rings. The molecule has 0 amide bonds. The van der Waals surface area contributed by atoms with Crippen molar-refractivity contribution in [2.75, 3.05) is 22.9 Å². The molecule has 4 heterocycles. The van der Waals surface area contributed by atoms with Crippen LogP contribution in [-0.4, -0.2) is 27.8 Å². The number of anilines is 2. The number of aryl methyl sites for hydroxylation is 1. The van der Waals surface area contributed by atoms with Gasteiger partial charge in [0.15, 0.2) is 5.11 Å². The third-order valence-corrected chi connectivity index (χ3v) is 9.61. The van der Waals surface area contributed by atoms with Crippen molar-refractivity contribution in [1.29, 1.82) is 0 Å². The Morgan fingerprint density at radius 2 is 1.60 bits per heavy atom. The van der Waals surface area contributed by atoms with Gasteiger partial charge in [-0.3, -0.25) is 4.98 Å². The van der Waals surface area contributed by atoms with E-state index in [0.29, 0.717) is 27.0 Å². The van der Waals surface area contributed by atoms with Crippen LogP contribution in [0, 0.1) is 25.7 Å². The molecule has 9 heteroatoms. The summed E-state index contributed by atoms with van der Waals surface area (Å²) in [5, 5.41) is 6.14. The number of rotatable bonds is 5. The Bertz CT molecular complexity index is 1630. The zero-order chi connectivity index (χ0) is 29.7. The molecule has 1 N–H and O–H groups in total. The molecule has 5 nitrogen and oxygen atoms in total. The summed E-state index contributed by atoms with van der Waals surface area (Å²) in [6.45, 7) is 10.9. The lowest BCUT2D eigenvalue weighted by molar-refractivity contribution is 0.357. The van der Waals surface area contributed by atoms with Crippen LogP contribution in [0.2, 0.25) is 15.1 Å². The maximum Gasteiger partial charge on any atom is 0.174 e. The summed E-state index contributed by atoms with van der Waals surface area (Å²) in [4.78, 5) is 9.32. The van der Waals surface area contributed by atoms with Gasteiger partial charge in [-0.1, -0.05) is 54.7 Å². The highest BCUT2D eigenvalue weighted by Crippen LogP contribution is 2.45. The molecule has 2 aliphatic rings. The van der Waals surface area contributed by atoms with Gasteiger partial charge in [0.25, 0.3) is 0 Å². The first kappa shape index (κ1) is 29.3. The third kappa shape index (κ3) is 5.39. The molecule has 0 unspecified atom stereocenters. The zero-order valence-corrected chi connectivity index (χ0v) is 27.2. The monoisotopic (exact) mass is 637 g/mol. The average Bonchev–Trinajstić information content (AvgIpc) is 3.43. The van der Waals surface area contributed by atoms with Gasteiger partial charge in [-0.15, -0.1) is 0 Å². The lowest BCUT2D eigenvalue weighted by Gasteiger charge is -2.37. The Morgan fingerprint density at radius 3 is 2.26 bits per heavy atom. The van der Waals surface area contributed by atoms with Gasteiger partial charge in [0.1, 0.15) is 0 Å². The van der Waals surface area contributed by atoms with E-state index in [1.807, 2.05) is 36.5 Å². The number of hydrogen-bond donors (Lipinski definition) is 1. The van der Waals surface area contributed by atoms with Crippen molar-refractivity contribution >= 4 is 63.5 Å². The molecule has 4 atom stereocenters. The van der Waals surface area contributed by atoms with Crippen LogP contribution >= 0.6 is 47.0 Å². The second-order valence-corrected chi connectivity index (χ2v) is 13.4. The Labute approximate surface area is 268 Å². The van der Waals surface area contributed by atoms with Crippen LogP contribution in [0.5, 0.6) is 0 Å². The zero-order valence-electron chi connectivity index (χ0n) is 24.1. The maximum atomic E-state index is 7.03. The lowest BCUT2D eigenvalue weighted by atomic mass is 9.91. The molecule has 0 spiro atoms. The molecule has 2 aliphatic heterocycles. The summed E-state index contributed by atoms with van der Waals surface area (Å²) >= 11 is 26.0. The van der Waals surface area contributed by atoms with Crippen molar-refractivity contribution in [3.63, 3.8) is 0 Å². The second kappa shape index (κ2) is 11.7. The molecule has 0 aliphatic carbocycles. The number of hydrogen-bond acceptors (Lipinski definition) is 3. The number of nitrogens with zero attached hydrogens (tertiary/aromatic N) is 4. The predicted molar refractivity (Wildman–Crippen MR) is 180 cm³/mol. The Morgan fingerprint density at radius 1 is 0.881 bits per heavy atom. The Kier molecular flexibility index (Phi) is 8.18. The molecule has 218 valence electrons. The fourth-order valence-corrected chi connectivity index (χ4v) is 7.96. The van der Waals surface area contributed by atoms with E-state index < -0.39 is 0 Å². The Balaban J connectivity index is 1.45. The van der Waals surface area contributed by atoms with Crippen molar-refractivity contribution in [3.05, 3.63) is 105 Å². The quantitative estimate of drug-likeness (QED) is 0.221.